The maximum atomic E-state index is 14.4. The van der Waals surface area contributed by atoms with Crippen LogP contribution < -0.4 is 16.0 Å². The first kappa shape index (κ1) is 35.7. The van der Waals surface area contributed by atoms with Crippen LogP contribution in [0.2, 0.25) is 0 Å². The predicted molar refractivity (Wildman–Crippen MR) is 163 cm³/mol. The van der Waals surface area contributed by atoms with Crippen LogP contribution in [0, 0.1) is 29.1 Å². The van der Waals surface area contributed by atoms with Gasteiger partial charge in [-0.05, 0) is 60.5 Å². The van der Waals surface area contributed by atoms with E-state index >= 15 is 0 Å². The molecule has 4 aromatic rings. The maximum absolute atomic E-state index is 14.4. The SMILES string of the molecule is CCC(Sc1cccc(NC(=O)/C(=C\c2ccc(F)cc2)NC(=O)c2ccccc2)c1)C(=O)Nc1c(F)c(F)c(C(F)(F)F)c(F)c1F. The average molecular weight is 694 g/mol. The average Bonchev–Trinajstić information content (AvgIpc) is 3.05. The van der Waals surface area contributed by atoms with Gasteiger partial charge in [0.1, 0.15) is 22.8 Å². The van der Waals surface area contributed by atoms with Gasteiger partial charge >= 0.3 is 6.18 Å². The molecule has 1 atom stereocenters. The van der Waals surface area contributed by atoms with E-state index in [1.54, 1.807) is 23.5 Å². The van der Waals surface area contributed by atoms with E-state index in [0.717, 1.165) is 23.9 Å². The van der Waals surface area contributed by atoms with Crippen molar-refractivity contribution in [2.75, 3.05) is 10.6 Å². The molecule has 0 heterocycles. The molecule has 3 amide bonds. The summed E-state index contributed by atoms with van der Waals surface area (Å²) in [5.41, 5.74) is -3.90. The molecule has 4 aromatic carbocycles. The zero-order chi connectivity index (χ0) is 35.2. The van der Waals surface area contributed by atoms with E-state index in [4.69, 9.17) is 0 Å². The number of amides is 3. The van der Waals surface area contributed by atoms with Crippen molar-refractivity contribution in [2.24, 2.45) is 0 Å². The first-order valence-corrected chi connectivity index (χ1v) is 14.7. The Labute approximate surface area is 272 Å². The number of rotatable bonds is 10. The summed E-state index contributed by atoms with van der Waals surface area (Å²) in [5, 5.41) is 5.57. The van der Waals surface area contributed by atoms with E-state index in [1.807, 2.05) is 0 Å². The summed E-state index contributed by atoms with van der Waals surface area (Å²) < 4.78 is 109. The summed E-state index contributed by atoms with van der Waals surface area (Å²) in [6.07, 6.45) is -4.44. The van der Waals surface area contributed by atoms with Gasteiger partial charge in [-0.25, -0.2) is 22.0 Å². The highest BCUT2D eigenvalue weighted by molar-refractivity contribution is 8.00. The number of hydrogen-bond acceptors (Lipinski definition) is 4. The largest absolute Gasteiger partial charge is 0.422 e. The van der Waals surface area contributed by atoms with Crippen molar-refractivity contribution >= 4 is 46.9 Å². The molecule has 48 heavy (non-hydrogen) atoms. The maximum Gasteiger partial charge on any atom is 0.422 e. The predicted octanol–water partition coefficient (Wildman–Crippen LogP) is 8.32. The molecule has 0 spiro atoms. The van der Waals surface area contributed by atoms with Crippen molar-refractivity contribution in [3.8, 4) is 0 Å². The lowest BCUT2D eigenvalue weighted by atomic mass is 10.1. The molecule has 0 aliphatic carbocycles. The lowest BCUT2D eigenvalue weighted by Gasteiger charge is -2.18. The van der Waals surface area contributed by atoms with E-state index in [-0.39, 0.29) is 23.4 Å². The van der Waals surface area contributed by atoms with Crippen LogP contribution in [-0.4, -0.2) is 23.0 Å². The quantitative estimate of drug-likeness (QED) is 0.0675. The second-order valence-corrected chi connectivity index (χ2v) is 11.2. The minimum Gasteiger partial charge on any atom is -0.321 e. The van der Waals surface area contributed by atoms with Crippen molar-refractivity contribution < 1.29 is 49.5 Å². The molecule has 0 aliphatic rings. The smallest absolute Gasteiger partial charge is 0.321 e. The summed E-state index contributed by atoms with van der Waals surface area (Å²) in [6.45, 7) is 1.49. The van der Waals surface area contributed by atoms with Crippen LogP contribution in [0.4, 0.5) is 46.5 Å². The zero-order valence-corrected chi connectivity index (χ0v) is 25.3. The van der Waals surface area contributed by atoms with Gasteiger partial charge < -0.3 is 16.0 Å². The Morgan fingerprint density at radius 3 is 2.00 bits per heavy atom. The van der Waals surface area contributed by atoms with Gasteiger partial charge in [-0.1, -0.05) is 43.3 Å². The van der Waals surface area contributed by atoms with Crippen LogP contribution in [0.1, 0.15) is 34.8 Å². The second-order valence-electron chi connectivity index (χ2n) is 9.92. The van der Waals surface area contributed by atoms with Crippen molar-refractivity contribution in [3.05, 3.63) is 130 Å². The molecular formula is C33H23F8N3O3S. The molecule has 3 N–H and O–H groups in total. The lowest BCUT2D eigenvalue weighted by molar-refractivity contribution is -0.143. The molecule has 4 rings (SSSR count). The van der Waals surface area contributed by atoms with Crippen LogP contribution >= 0.6 is 11.8 Å². The Hall–Kier alpha value is -5.18. The monoisotopic (exact) mass is 693 g/mol. The van der Waals surface area contributed by atoms with Gasteiger partial charge in [-0.15, -0.1) is 11.8 Å². The summed E-state index contributed by atoms with van der Waals surface area (Å²) in [6, 6.07) is 18.9. The van der Waals surface area contributed by atoms with E-state index < -0.39 is 69.5 Å². The van der Waals surface area contributed by atoms with Gasteiger partial charge in [0.2, 0.25) is 5.91 Å². The summed E-state index contributed by atoms with van der Waals surface area (Å²) in [7, 11) is 0. The summed E-state index contributed by atoms with van der Waals surface area (Å²) in [4.78, 5) is 39.3. The van der Waals surface area contributed by atoms with Crippen LogP contribution in [0.5, 0.6) is 0 Å². The number of alkyl halides is 3. The van der Waals surface area contributed by atoms with Crippen molar-refractivity contribution in [3.63, 3.8) is 0 Å². The molecule has 0 fully saturated rings. The Bertz CT molecular complexity index is 1840. The Balaban J connectivity index is 1.53. The molecule has 0 saturated heterocycles. The molecule has 0 aliphatic heterocycles. The molecule has 250 valence electrons. The highest BCUT2D eigenvalue weighted by Crippen LogP contribution is 2.39. The van der Waals surface area contributed by atoms with Gasteiger partial charge in [-0.3, -0.25) is 14.4 Å². The molecule has 0 aromatic heterocycles. The molecule has 6 nitrogen and oxygen atoms in total. The van der Waals surface area contributed by atoms with Gasteiger partial charge in [0.15, 0.2) is 23.3 Å². The number of carbonyl (C=O) groups is 3. The number of benzene rings is 4. The van der Waals surface area contributed by atoms with Crippen LogP contribution in [0.15, 0.2) is 89.5 Å². The normalized spacial score (nSPS) is 12.3. The number of carbonyl (C=O) groups excluding carboxylic acids is 3. The fourth-order valence-electron chi connectivity index (χ4n) is 4.19. The van der Waals surface area contributed by atoms with Gasteiger partial charge in [0.25, 0.3) is 11.8 Å². The molecule has 1 unspecified atom stereocenters. The highest BCUT2D eigenvalue weighted by Gasteiger charge is 2.42. The van der Waals surface area contributed by atoms with Crippen molar-refractivity contribution in [1.29, 1.82) is 0 Å². The number of thioether (sulfide) groups is 1. The molecule has 0 bridgehead atoms. The fraction of sp³-hybridized carbons (Fsp3) is 0.121. The minimum atomic E-state index is -5.74. The number of nitrogens with one attached hydrogen (secondary N) is 3. The first-order chi connectivity index (χ1) is 22.7. The number of halogens is 8. The van der Waals surface area contributed by atoms with Crippen molar-refractivity contribution in [2.45, 2.75) is 29.7 Å². The van der Waals surface area contributed by atoms with Gasteiger partial charge in [0, 0.05) is 16.1 Å². The molecule has 0 saturated carbocycles. The Morgan fingerprint density at radius 1 is 0.792 bits per heavy atom. The van der Waals surface area contributed by atoms with Gasteiger partial charge in [0.05, 0.1) is 5.25 Å². The van der Waals surface area contributed by atoms with Crippen LogP contribution in [0.25, 0.3) is 6.08 Å². The van der Waals surface area contributed by atoms with Gasteiger partial charge in [-0.2, -0.15) is 13.2 Å². The zero-order valence-electron chi connectivity index (χ0n) is 24.5. The topological polar surface area (TPSA) is 87.3 Å². The third-order valence-electron chi connectivity index (χ3n) is 6.54. The van der Waals surface area contributed by atoms with Crippen molar-refractivity contribution in [1.82, 2.24) is 5.32 Å². The molecule has 15 heteroatoms. The van der Waals surface area contributed by atoms with E-state index in [9.17, 15) is 49.5 Å². The molecular weight excluding hydrogens is 670 g/mol. The van der Waals surface area contributed by atoms with Crippen LogP contribution in [0.3, 0.4) is 0 Å². The standard InChI is InChI=1S/C33H23F8N3O3S/c1-2-23(32(47)44-29-27(37)25(35)24(33(39,40)41)26(36)28(29)38)48-21-10-6-9-20(16-21)42-31(46)22(15-17-11-13-19(34)14-12-17)43-30(45)18-7-4-3-5-8-18/h3-16,23H,2H2,1H3,(H,42,46)(H,43,45)(H,44,47)/b22-15+. The third-order valence-corrected chi connectivity index (χ3v) is 7.90. The number of hydrogen-bond donors (Lipinski definition) is 3. The summed E-state index contributed by atoms with van der Waals surface area (Å²) in [5.74, 6) is -13.4. The lowest BCUT2D eigenvalue weighted by Crippen LogP contribution is -2.30. The minimum absolute atomic E-state index is 0.0159. The first-order valence-electron chi connectivity index (χ1n) is 13.8. The van der Waals surface area contributed by atoms with E-state index in [0.29, 0.717) is 10.5 Å². The van der Waals surface area contributed by atoms with Crippen LogP contribution in [-0.2, 0) is 15.8 Å². The second kappa shape index (κ2) is 15.2. The van der Waals surface area contributed by atoms with E-state index in [1.165, 1.54) is 61.5 Å². The number of anilines is 2. The fourth-order valence-corrected chi connectivity index (χ4v) is 5.21. The third kappa shape index (κ3) is 8.59. The Kier molecular flexibility index (Phi) is 11.3. The summed E-state index contributed by atoms with van der Waals surface area (Å²) >= 11 is 0.810. The Morgan fingerprint density at radius 2 is 1.42 bits per heavy atom. The highest BCUT2D eigenvalue weighted by atomic mass is 32.2. The molecule has 0 radical (unpaired) electrons. The van der Waals surface area contributed by atoms with E-state index in [2.05, 4.69) is 10.6 Å².